The van der Waals surface area contributed by atoms with Crippen LogP contribution >= 0.6 is 0 Å². The summed E-state index contributed by atoms with van der Waals surface area (Å²) >= 11 is 0. The molecule has 4 rings (SSSR count). The van der Waals surface area contributed by atoms with Crippen molar-refractivity contribution in [3.8, 4) is 0 Å². The Kier molecular flexibility index (Phi) is 3.60. The molecule has 1 unspecified atom stereocenters. The zero-order valence-electron chi connectivity index (χ0n) is 12.9. The second-order valence-electron chi connectivity index (χ2n) is 6.15. The summed E-state index contributed by atoms with van der Waals surface area (Å²) in [7, 11) is -3.70. The Morgan fingerprint density at radius 3 is 2.62 bits per heavy atom. The molecule has 2 aliphatic rings. The van der Waals surface area contributed by atoms with Crippen LogP contribution in [0.4, 0.5) is 0 Å². The average Bonchev–Trinajstić information content (AvgIpc) is 3.23. The third-order valence-corrected chi connectivity index (χ3v) is 6.63. The predicted octanol–water partition coefficient (Wildman–Crippen LogP) is 0.854. The van der Waals surface area contributed by atoms with Crippen LogP contribution in [-0.4, -0.2) is 45.4 Å². The van der Waals surface area contributed by atoms with Gasteiger partial charge in [0.1, 0.15) is 11.8 Å². The Morgan fingerprint density at radius 1 is 1.17 bits per heavy atom. The topological polar surface area (TPSA) is 98.1 Å². The lowest BCUT2D eigenvalue weighted by molar-refractivity contribution is -0.127. The lowest BCUT2D eigenvalue weighted by Gasteiger charge is -2.16. The molecule has 0 N–H and O–H groups in total. The summed E-state index contributed by atoms with van der Waals surface area (Å²) in [5, 5.41) is 11.3. The number of aromatic nitrogens is 4. The van der Waals surface area contributed by atoms with E-state index in [1.165, 1.54) is 4.80 Å². The highest BCUT2D eigenvalue weighted by molar-refractivity contribution is 7.90. The predicted molar refractivity (Wildman–Crippen MR) is 84.2 cm³/mol. The first-order chi connectivity index (χ1) is 11.6. The van der Waals surface area contributed by atoms with Gasteiger partial charge in [0.2, 0.25) is 10.0 Å². The van der Waals surface area contributed by atoms with Gasteiger partial charge in [-0.25, -0.2) is 12.7 Å². The van der Waals surface area contributed by atoms with Gasteiger partial charge in [0.15, 0.2) is 5.82 Å². The number of benzene rings is 1. The molecule has 0 spiro atoms. The summed E-state index contributed by atoms with van der Waals surface area (Å²) in [4.78, 5) is 13.6. The first kappa shape index (κ1) is 15.3. The number of carbonyl (C=O) groups is 1. The number of hydrogen-bond donors (Lipinski definition) is 0. The van der Waals surface area contributed by atoms with Crippen molar-refractivity contribution in [1.82, 2.24) is 24.5 Å². The summed E-state index contributed by atoms with van der Waals surface area (Å²) in [5.74, 6) is 0.453. The van der Waals surface area contributed by atoms with Gasteiger partial charge in [0.25, 0.3) is 5.91 Å². The van der Waals surface area contributed by atoms with Crippen molar-refractivity contribution in [2.24, 2.45) is 0 Å². The quantitative estimate of drug-likeness (QED) is 0.813. The highest BCUT2D eigenvalue weighted by Gasteiger charge is 2.42. The van der Waals surface area contributed by atoms with Gasteiger partial charge < -0.3 is 0 Å². The van der Waals surface area contributed by atoms with Gasteiger partial charge in [-0.3, -0.25) is 4.79 Å². The summed E-state index contributed by atoms with van der Waals surface area (Å²) < 4.78 is 26.3. The molecule has 2 fully saturated rings. The number of hydrogen-bond acceptors (Lipinski definition) is 6. The van der Waals surface area contributed by atoms with Gasteiger partial charge in [-0.2, -0.15) is 4.80 Å². The van der Waals surface area contributed by atoms with Crippen LogP contribution in [0, 0.1) is 0 Å². The SMILES string of the molecule is O=C(Cn1nnc(C2CC2)n1)N1CCC(c2ccccc2)S1(=O)=O. The Labute approximate surface area is 139 Å². The maximum Gasteiger partial charge on any atom is 0.259 e. The first-order valence-corrected chi connectivity index (χ1v) is 9.43. The number of tetrazole rings is 1. The Balaban J connectivity index is 1.50. The van der Waals surface area contributed by atoms with Crippen LogP contribution in [0.3, 0.4) is 0 Å². The molecule has 8 nitrogen and oxygen atoms in total. The highest BCUT2D eigenvalue weighted by atomic mass is 32.2. The van der Waals surface area contributed by atoms with E-state index in [0.717, 1.165) is 17.1 Å². The van der Waals surface area contributed by atoms with E-state index in [9.17, 15) is 13.2 Å². The number of carbonyl (C=O) groups excluding carboxylic acids is 1. The molecular formula is C15H17N5O3S. The fraction of sp³-hybridized carbons (Fsp3) is 0.467. The van der Waals surface area contributed by atoms with E-state index < -0.39 is 21.2 Å². The molecule has 24 heavy (non-hydrogen) atoms. The largest absolute Gasteiger partial charge is 0.272 e. The molecule has 1 aromatic heterocycles. The fourth-order valence-corrected chi connectivity index (χ4v) is 4.88. The maximum atomic E-state index is 12.7. The van der Waals surface area contributed by atoms with Crippen molar-refractivity contribution in [2.45, 2.75) is 37.0 Å². The molecule has 1 aromatic carbocycles. The summed E-state index contributed by atoms with van der Waals surface area (Å²) in [6.07, 6.45) is 2.48. The minimum atomic E-state index is -3.70. The van der Waals surface area contributed by atoms with Gasteiger partial charge >= 0.3 is 0 Å². The van der Waals surface area contributed by atoms with Crippen LogP contribution in [0.25, 0.3) is 0 Å². The monoisotopic (exact) mass is 347 g/mol. The minimum absolute atomic E-state index is 0.185. The normalized spacial score (nSPS) is 22.7. The number of nitrogens with zero attached hydrogens (tertiary/aromatic N) is 5. The molecule has 0 radical (unpaired) electrons. The zero-order chi connectivity index (χ0) is 16.7. The van der Waals surface area contributed by atoms with E-state index in [0.29, 0.717) is 23.7 Å². The van der Waals surface area contributed by atoms with Gasteiger partial charge in [-0.15, -0.1) is 10.2 Å². The molecule has 1 saturated heterocycles. The molecule has 126 valence electrons. The summed E-state index contributed by atoms with van der Waals surface area (Å²) in [6, 6.07) is 8.98. The number of rotatable bonds is 4. The van der Waals surface area contributed by atoms with Crippen LogP contribution in [-0.2, 0) is 21.4 Å². The zero-order valence-corrected chi connectivity index (χ0v) is 13.8. The molecule has 0 bridgehead atoms. The number of sulfonamides is 1. The average molecular weight is 347 g/mol. The molecule has 9 heteroatoms. The van der Waals surface area contributed by atoms with Gasteiger partial charge in [-0.05, 0) is 30.0 Å². The smallest absolute Gasteiger partial charge is 0.259 e. The molecule has 1 aliphatic carbocycles. The van der Waals surface area contributed by atoms with E-state index in [1.807, 2.05) is 6.07 Å². The van der Waals surface area contributed by atoms with E-state index in [4.69, 9.17) is 0 Å². The molecule has 1 aliphatic heterocycles. The van der Waals surface area contributed by atoms with Gasteiger partial charge in [-0.1, -0.05) is 30.3 Å². The third kappa shape index (κ3) is 2.68. The third-order valence-electron chi connectivity index (χ3n) is 4.40. The van der Waals surface area contributed by atoms with Crippen LogP contribution in [0.5, 0.6) is 0 Å². The van der Waals surface area contributed by atoms with Crippen molar-refractivity contribution in [3.63, 3.8) is 0 Å². The molecule has 2 aromatic rings. The van der Waals surface area contributed by atoms with Gasteiger partial charge in [0, 0.05) is 12.5 Å². The van der Waals surface area contributed by atoms with Crippen LogP contribution in [0.1, 0.15) is 41.8 Å². The van der Waals surface area contributed by atoms with Crippen molar-refractivity contribution in [2.75, 3.05) is 6.54 Å². The lowest BCUT2D eigenvalue weighted by Crippen LogP contribution is -2.36. The Hall–Kier alpha value is -2.29. The van der Waals surface area contributed by atoms with Crippen molar-refractivity contribution < 1.29 is 13.2 Å². The minimum Gasteiger partial charge on any atom is -0.272 e. The molecule has 1 saturated carbocycles. The second-order valence-corrected chi connectivity index (χ2v) is 8.19. The molecular weight excluding hydrogens is 330 g/mol. The highest BCUT2D eigenvalue weighted by Crippen LogP contribution is 2.37. The van der Waals surface area contributed by atoms with E-state index >= 15 is 0 Å². The maximum absolute atomic E-state index is 12.7. The molecule has 1 amide bonds. The summed E-state index contributed by atoms with van der Waals surface area (Å²) in [6.45, 7) is -0.0225. The van der Waals surface area contributed by atoms with Crippen LogP contribution < -0.4 is 0 Å². The van der Waals surface area contributed by atoms with E-state index in [2.05, 4.69) is 15.4 Å². The van der Waals surface area contributed by atoms with Crippen molar-refractivity contribution >= 4 is 15.9 Å². The first-order valence-electron chi connectivity index (χ1n) is 7.93. The molecule has 1 atom stereocenters. The lowest BCUT2D eigenvalue weighted by atomic mass is 10.1. The van der Waals surface area contributed by atoms with E-state index in [1.54, 1.807) is 24.3 Å². The number of amides is 1. The standard InChI is InChI=1S/C15H17N5O3S/c21-14(10-20-17-15(16-18-20)12-6-7-12)19-9-8-13(24(19,22)23)11-4-2-1-3-5-11/h1-5,12-13H,6-10H2. The Bertz CT molecular complexity index is 860. The van der Waals surface area contributed by atoms with E-state index in [-0.39, 0.29) is 13.1 Å². The van der Waals surface area contributed by atoms with Gasteiger partial charge in [0.05, 0.1) is 0 Å². The van der Waals surface area contributed by atoms with Crippen LogP contribution in [0.2, 0.25) is 0 Å². The van der Waals surface area contributed by atoms with Crippen molar-refractivity contribution in [1.29, 1.82) is 0 Å². The molecule has 2 heterocycles. The second kappa shape index (κ2) is 5.66. The van der Waals surface area contributed by atoms with Crippen LogP contribution in [0.15, 0.2) is 30.3 Å². The van der Waals surface area contributed by atoms with Crippen molar-refractivity contribution in [3.05, 3.63) is 41.7 Å². The fourth-order valence-electron chi connectivity index (χ4n) is 2.96. The summed E-state index contributed by atoms with van der Waals surface area (Å²) in [5.41, 5.74) is 0.711. The Morgan fingerprint density at radius 2 is 1.92 bits per heavy atom.